The van der Waals surface area contributed by atoms with Crippen LogP contribution < -0.4 is 10.6 Å². The molecule has 0 radical (unpaired) electrons. The van der Waals surface area contributed by atoms with E-state index in [4.69, 9.17) is 15.0 Å². The smallest absolute Gasteiger partial charge is 0.317 e. The van der Waals surface area contributed by atoms with E-state index in [1.54, 1.807) is 11.9 Å². The van der Waals surface area contributed by atoms with E-state index in [0.29, 0.717) is 12.5 Å². The maximum absolute atomic E-state index is 12.2. The number of urea groups is 1. The number of nitrogens with one attached hydrogen (secondary N) is 2. The molecular formula is C16H27N3O5. The van der Waals surface area contributed by atoms with E-state index < -0.39 is 6.04 Å². The lowest BCUT2D eigenvalue weighted by atomic mass is 10.2. The molecule has 2 unspecified atom stereocenters. The van der Waals surface area contributed by atoms with Crippen molar-refractivity contribution in [3.63, 3.8) is 0 Å². The Kier molecular flexibility index (Phi) is 8.85. The Morgan fingerprint density at radius 1 is 1.33 bits per heavy atom. The Balaban J connectivity index is 0.000000891. The molecular weight excluding hydrogens is 314 g/mol. The second kappa shape index (κ2) is 10.6. The zero-order valence-electron chi connectivity index (χ0n) is 14.0. The molecule has 8 heteroatoms. The molecule has 1 aliphatic carbocycles. The highest BCUT2D eigenvalue weighted by Gasteiger charge is 2.37. The summed E-state index contributed by atoms with van der Waals surface area (Å²) >= 11 is 0. The summed E-state index contributed by atoms with van der Waals surface area (Å²) in [5.41, 5.74) is 0. The first-order valence-electron chi connectivity index (χ1n) is 8.20. The summed E-state index contributed by atoms with van der Waals surface area (Å²) in [6, 6.07) is -0.755. The molecule has 2 aliphatic rings. The van der Waals surface area contributed by atoms with Gasteiger partial charge >= 0.3 is 6.03 Å². The van der Waals surface area contributed by atoms with Crippen molar-refractivity contribution in [2.75, 3.05) is 20.2 Å². The fourth-order valence-corrected chi connectivity index (χ4v) is 2.52. The van der Waals surface area contributed by atoms with Gasteiger partial charge in [-0.1, -0.05) is 12.2 Å². The van der Waals surface area contributed by atoms with Crippen molar-refractivity contribution in [3.05, 3.63) is 12.2 Å². The Bertz CT molecular complexity index is 455. The van der Waals surface area contributed by atoms with Crippen LogP contribution in [0.3, 0.4) is 0 Å². The molecule has 4 N–H and O–H groups in total. The second-order valence-electron chi connectivity index (χ2n) is 5.98. The van der Waals surface area contributed by atoms with Gasteiger partial charge in [-0.2, -0.15) is 0 Å². The van der Waals surface area contributed by atoms with E-state index in [2.05, 4.69) is 22.8 Å². The topological polar surface area (TPSA) is 119 Å². The molecule has 3 amide bonds. The van der Waals surface area contributed by atoms with Crippen LogP contribution in [0, 0.1) is 5.92 Å². The first-order chi connectivity index (χ1) is 11.5. The van der Waals surface area contributed by atoms with Crippen LogP contribution in [0.25, 0.3) is 0 Å². The van der Waals surface area contributed by atoms with Crippen molar-refractivity contribution in [2.24, 2.45) is 5.92 Å². The summed E-state index contributed by atoms with van der Waals surface area (Å²) in [5.74, 6) is 0.216. The van der Waals surface area contributed by atoms with Crippen molar-refractivity contribution in [3.8, 4) is 0 Å². The third-order valence-corrected chi connectivity index (χ3v) is 4.04. The zero-order chi connectivity index (χ0) is 17.9. The highest BCUT2D eigenvalue weighted by molar-refractivity contribution is 5.87. The Hall–Kier alpha value is -2.09. The van der Waals surface area contributed by atoms with Gasteiger partial charge in [0.1, 0.15) is 6.04 Å². The SMILES string of the molecule is CN1CCCC/C=C\[C@@H]2CC2NC(=O)C(CCO)NC1=O.O=CO. The van der Waals surface area contributed by atoms with Crippen LogP contribution in [-0.2, 0) is 9.59 Å². The minimum Gasteiger partial charge on any atom is -0.483 e. The number of fused-ring (bicyclic) bond motifs is 1. The van der Waals surface area contributed by atoms with Crippen molar-refractivity contribution < 1.29 is 24.6 Å². The third-order valence-electron chi connectivity index (χ3n) is 4.04. The van der Waals surface area contributed by atoms with Crippen LogP contribution in [0.2, 0.25) is 0 Å². The highest BCUT2D eigenvalue weighted by atomic mass is 16.3. The fourth-order valence-electron chi connectivity index (χ4n) is 2.52. The van der Waals surface area contributed by atoms with E-state index in [1.165, 1.54) is 0 Å². The maximum Gasteiger partial charge on any atom is 0.317 e. The molecule has 0 aromatic heterocycles. The number of hydrogen-bond acceptors (Lipinski definition) is 4. The quantitative estimate of drug-likeness (QED) is 0.426. The van der Waals surface area contributed by atoms with Gasteiger partial charge in [0.15, 0.2) is 0 Å². The molecule has 0 spiro atoms. The van der Waals surface area contributed by atoms with Gasteiger partial charge in [-0.3, -0.25) is 9.59 Å². The molecule has 1 heterocycles. The van der Waals surface area contributed by atoms with Crippen molar-refractivity contribution in [1.29, 1.82) is 0 Å². The number of nitrogens with zero attached hydrogens (tertiary/aromatic N) is 1. The summed E-state index contributed by atoms with van der Waals surface area (Å²) in [6.45, 7) is 0.287. The monoisotopic (exact) mass is 341 g/mol. The van der Waals surface area contributed by atoms with Crippen molar-refractivity contribution >= 4 is 18.4 Å². The lowest BCUT2D eigenvalue weighted by Gasteiger charge is -2.23. The van der Waals surface area contributed by atoms with Gasteiger partial charge in [-0.05, 0) is 38.0 Å². The van der Waals surface area contributed by atoms with E-state index in [9.17, 15) is 9.59 Å². The van der Waals surface area contributed by atoms with Gasteiger partial charge in [-0.25, -0.2) is 4.79 Å². The largest absolute Gasteiger partial charge is 0.483 e. The summed E-state index contributed by atoms with van der Waals surface area (Å²) in [7, 11) is 1.72. The first kappa shape index (κ1) is 20.0. The lowest BCUT2D eigenvalue weighted by Crippen LogP contribution is -2.51. The summed E-state index contributed by atoms with van der Waals surface area (Å²) in [6.07, 6.45) is 8.56. The molecule has 1 saturated carbocycles. The summed E-state index contributed by atoms with van der Waals surface area (Å²) < 4.78 is 0. The number of allylic oxidation sites excluding steroid dienone is 1. The molecule has 1 aliphatic heterocycles. The van der Waals surface area contributed by atoms with Crippen LogP contribution in [-0.4, -0.2) is 65.8 Å². The second-order valence-corrected chi connectivity index (χ2v) is 5.98. The molecule has 0 aromatic carbocycles. The average Bonchev–Trinajstić information content (AvgIpc) is 3.27. The molecule has 8 nitrogen and oxygen atoms in total. The number of amides is 3. The molecule has 24 heavy (non-hydrogen) atoms. The third kappa shape index (κ3) is 6.99. The molecule has 2 rings (SSSR count). The maximum atomic E-state index is 12.2. The molecule has 0 saturated heterocycles. The van der Waals surface area contributed by atoms with E-state index in [0.717, 1.165) is 25.7 Å². The molecule has 136 valence electrons. The van der Waals surface area contributed by atoms with Gasteiger partial charge in [0.2, 0.25) is 5.91 Å². The molecule has 0 aromatic rings. The number of carbonyl (C=O) groups is 3. The highest BCUT2D eigenvalue weighted by Crippen LogP contribution is 2.32. The van der Waals surface area contributed by atoms with Gasteiger partial charge < -0.3 is 25.7 Å². The minimum atomic E-state index is -0.668. The first-order valence-corrected chi connectivity index (χ1v) is 8.20. The van der Waals surface area contributed by atoms with Crippen LogP contribution in [0.1, 0.15) is 32.1 Å². The van der Waals surface area contributed by atoms with Crippen LogP contribution >= 0.6 is 0 Å². The molecule has 1 fully saturated rings. The average molecular weight is 341 g/mol. The van der Waals surface area contributed by atoms with Gasteiger partial charge in [0.05, 0.1) is 0 Å². The predicted molar refractivity (Wildman–Crippen MR) is 88.4 cm³/mol. The number of carboxylic acid groups (broad SMARTS) is 1. The number of aliphatic hydroxyl groups excluding tert-OH is 1. The van der Waals surface area contributed by atoms with Gasteiger partial charge in [0.25, 0.3) is 6.47 Å². The lowest BCUT2D eigenvalue weighted by molar-refractivity contribution is -0.124. The normalized spacial score (nSPS) is 28.9. The Labute approximate surface area is 141 Å². The number of aliphatic hydroxyl groups is 1. The summed E-state index contributed by atoms with van der Waals surface area (Å²) in [4.78, 5) is 34.2. The number of carbonyl (C=O) groups excluding carboxylic acids is 2. The number of hydrogen-bond donors (Lipinski definition) is 4. The molecule has 3 atom stereocenters. The van der Waals surface area contributed by atoms with Crippen LogP contribution in [0.4, 0.5) is 4.79 Å². The van der Waals surface area contributed by atoms with E-state index >= 15 is 0 Å². The van der Waals surface area contributed by atoms with E-state index in [1.807, 2.05) is 0 Å². The Morgan fingerprint density at radius 3 is 2.71 bits per heavy atom. The predicted octanol–water partition coefficient (Wildman–Crippen LogP) is 0.324. The van der Waals surface area contributed by atoms with Crippen molar-refractivity contribution in [2.45, 2.75) is 44.2 Å². The van der Waals surface area contributed by atoms with E-state index in [-0.39, 0.29) is 37.5 Å². The molecule has 0 bridgehead atoms. The van der Waals surface area contributed by atoms with Crippen LogP contribution in [0.5, 0.6) is 0 Å². The van der Waals surface area contributed by atoms with Gasteiger partial charge in [0, 0.05) is 26.2 Å². The standard InChI is InChI=1S/C15H25N3O3.CH2O2/c1-18-8-5-3-2-4-6-11-10-13(11)16-14(20)12(7-9-19)17-15(18)21;2-1-3/h4,6,11-13,19H,2-3,5,7-10H2,1H3,(H,16,20)(H,17,21);1H,(H,2,3)/b6-4-;/t11-,12?,13?;/m1./s1. The number of rotatable bonds is 2. The van der Waals surface area contributed by atoms with Crippen molar-refractivity contribution in [1.82, 2.24) is 15.5 Å². The fraction of sp³-hybridized carbons (Fsp3) is 0.688. The summed E-state index contributed by atoms with van der Waals surface area (Å²) in [5, 5.41) is 21.6. The minimum absolute atomic E-state index is 0.129. The zero-order valence-corrected chi connectivity index (χ0v) is 14.0. The van der Waals surface area contributed by atoms with Gasteiger partial charge in [-0.15, -0.1) is 0 Å². The Morgan fingerprint density at radius 2 is 2.04 bits per heavy atom. The van der Waals surface area contributed by atoms with Crippen LogP contribution in [0.15, 0.2) is 12.2 Å².